The first-order valence-electron chi connectivity index (χ1n) is 9.32. The predicted molar refractivity (Wildman–Crippen MR) is 109 cm³/mol. The van der Waals surface area contributed by atoms with Gasteiger partial charge in [0.05, 0.1) is 0 Å². The lowest BCUT2D eigenvalue weighted by Crippen LogP contribution is -2.41. The normalized spacial score (nSPS) is 12.5. The summed E-state index contributed by atoms with van der Waals surface area (Å²) in [4.78, 5) is 36.3. The summed E-state index contributed by atoms with van der Waals surface area (Å²) in [5.41, 5.74) is 5.17. The average molecular weight is 413 g/mol. The van der Waals surface area contributed by atoms with Crippen LogP contribution in [-0.4, -0.2) is 36.7 Å². The van der Waals surface area contributed by atoms with Gasteiger partial charge in [0.25, 0.3) is 11.8 Å². The van der Waals surface area contributed by atoms with Crippen molar-refractivity contribution >= 4 is 23.6 Å². The molecule has 0 saturated carbocycles. The number of hydrazine groups is 1. The molecule has 0 unspecified atom stereocenters. The summed E-state index contributed by atoms with van der Waals surface area (Å²) in [6.45, 7) is 6.16. The van der Waals surface area contributed by atoms with E-state index in [9.17, 15) is 14.4 Å². The van der Waals surface area contributed by atoms with Crippen LogP contribution in [0.25, 0.3) is 0 Å². The largest absolute Gasteiger partial charge is 0.486 e. The van der Waals surface area contributed by atoms with Gasteiger partial charge in [0.1, 0.15) is 18.8 Å². The van der Waals surface area contributed by atoms with Crippen molar-refractivity contribution in [2.75, 3.05) is 18.5 Å². The Balaban J connectivity index is 1.53. The number of nitrogens with one attached hydrogen (secondary N) is 3. The highest BCUT2D eigenvalue weighted by atomic mass is 16.6. The second kappa shape index (κ2) is 8.73. The maximum atomic E-state index is 12.3. The van der Waals surface area contributed by atoms with E-state index in [-0.39, 0.29) is 0 Å². The molecule has 1 heterocycles. The van der Waals surface area contributed by atoms with E-state index < -0.39 is 23.5 Å². The van der Waals surface area contributed by atoms with Gasteiger partial charge < -0.3 is 14.2 Å². The highest BCUT2D eigenvalue weighted by molar-refractivity contribution is 5.99. The van der Waals surface area contributed by atoms with E-state index >= 15 is 0 Å². The second-order valence-electron chi connectivity index (χ2n) is 7.47. The number of hydrogen-bond acceptors (Lipinski definition) is 6. The maximum absolute atomic E-state index is 12.3. The zero-order valence-electron chi connectivity index (χ0n) is 16.9. The fourth-order valence-electron chi connectivity index (χ4n) is 2.57. The second-order valence-corrected chi connectivity index (χ2v) is 7.47. The number of ether oxygens (including phenoxy) is 3. The van der Waals surface area contributed by atoms with E-state index in [1.54, 1.807) is 51.1 Å². The van der Waals surface area contributed by atoms with Crippen LogP contribution in [0.1, 0.15) is 41.5 Å². The third kappa shape index (κ3) is 5.63. The van der Waals surface area contributed by atoms with E-state index in [0.717, 1.165) is 0 Å². The van der Waals surface area contributed by atoms with Gasteiger partial charge in [0.15, 0.2) is 11.5 Å². The lowest BCUT2D eigenvalue weighted by molar-refractivity contribution is 0.0635. The lowest BCUT2D eigenvalue weighted by Gasteiger charge is -2.19. The maximum Gasteiger partial charge on any atom is 0.412 e. The summed E-state index contributed by atoms with van der Waals surface area (Å²) in [6, 6.07) is 10.9. The van der Waals surface area contributed by atoms with Crippen molar-refractivity contribution in [1.29, 1.82) is 0 Å². The summed E-state index contributed by atoms with van der Waals surface area (Å²) >= 11 is 0. The number of amides is 3. The molecule has 9 nitrogen and oxygen atoms in total. The Hall–Kier alpha value is -3.75. The molecule has 0 bridgehead atoms. The van der Waals surface area contributed by atoms with E-state index in [4.69, 9.17) is 14.2 Å². The molecule has 9 heteroatoms. The van der Waals surface area contributed by atoms with Crippen LogP contribution >= 0.6 is 0 Å². The number of benzene rings is 2. The SMILES string of the molecule is CC(C)(C)OC(=O)Nc1ccc(C(=O)NNC(=O)c2ccc3c(c2)OCCO3)cc1. The number of carbonyl (C=O) groups is 3. The molecule has 0 atom stereocenters. The van der Waals surface area contributed by atoms with Crippen LogP contribution < -0.4 is 25.6 Å². The molecule has 0 radical (unpaired) electrons. The molecule has 3 rings (SSSR count). The van der Waals surface area contributed by atoms with Crippen LogP contribution in [0.2, 0.25) is 0 Å². The molecule has 0 spiro atoms. The van der Waals surface area contributed by atoms with Crippen LogP contribution in [0.15, 0.2) is 42.5 Å². The van der Waals surface area contributed by atoms with Gasteiger partial charge in [-0.2, -0.15) is 0 Å². The summed E-state index contributed by atoms with van der Waals surface area (Å²) in [6.07, 6.45) is -0.591. The fourth-order valence-corrected chi connectivity index (χ4v) is 2.57. The number of rotatable bonds is 3. The van der Waals surface area contributed by atoms with E-state index in [1.807, 2.05) is 0 Å². The summed E-state index contributed by atoms with van der Waals surface area (Å²) < 4.78 is 16.0. The summed E-state index contributed by atoms with van der Waals surface area (Å²) in [7, 11) is 0. The third-order valence-electron chi connectivity index (χ3n) is 3.89. The van der Waals surface area contributed by atoms with Crippen molar-refractivity contribution in [3.8, 4) is 11.5 Å². The third-order valence-corrected chi connectivity index (χ3v) is 3.89. The van der Waals surface area contributed by atoms with Crippen molar-refractivity contribution in [1.82, 2.24) is 10.9 Å². The van der Waals surface area contributed by atoms with E-state index in [2.05, 4.69) is 16.2 Å². The molecule has 158 valence electrons. The Kier molecular flexibility index (Phi) is 6.10. The number of anilines is 1. The van der Waals surface area contributed by atoms with Crippen LogP contribution in [-0.2, 0) is 4.74 Å². The molecule has 1 aliphatic heterocycles. The predicted octanol–water partition coefficient (Wildman–Crippen LogP) is 2.88. The molecule has 30 heavy (non-hydrogen) atoms. The Bertz CT molecular complexity index is 950. The van der Waals surface area contributed by atoms with Gasteiger partial charge in [-0.15, -0.1) is 0 Å². The Morgan fingerprint density at radius 2 is 1.40 bits per heavy atom. The standard InChI is InChI=1S/C21H23N3O6/c1-21(2,3)30-20(27)22-15-7-4-13(5-8-15)18(25)23-24-19(26)14-6-9-16-17(12-14)29-11-10-28-16/h4-9,12H,10-11H2,1-3H3,(H,22,27)(H,23,25)(H,24,26). The molecule has 0 aromatic heterocycles. The molecule has 3 amide bonds. The van der Waals surface area contributed by atoms with Gasteiger partial charge >= 0.3 is 6.09 Å². The van der Waals surface area contributed by atoms with Gasteiger partial charge in [0.2, 0.25) is 0 Å². The van der Waals surface area contributed by atoms with Crippen molar-refractivity contribution in [3.05, 3.63) is 53.6 Å². The Labute approximate surface area is 173 Å². The number of hydrogen-bond donors (Lipinski definition) is 3. The van der Waals surface area contributed by atoms with Gasteiger partial charge in [-0.25, -0.2) is 4.79 Å². The molecular weight excluding hydrogens is 390 g/mol. The zero-order chi connectivity index (χ0) is 21.7. The first-order valence-corrected chi connectivity index (χ1v) is 9.32. The van der Waals surface area contributed by atoms with Gasteiger partial charge in [-0.3, -0.25) is 25.8 Å². The number of fused-ring (bicyclic) bond motifs is 1. The van der Waals surface area contributed by atoms with Crippen molar-refractivity contribution < 1.29 is 28.6 Å². The molecular formula is C21H23N3O6. The molecule has 2 aromatic rings. The smallest absolute Gasteiger partial charge is 0.412 e. The molecule has 2 aromatic carbocycles. The first kappa shape index (κ1) is 21.0. The fraction of sp³-hybridized carbons (Fsp3) is 0.286. The first-order chi connectivity index (χ1) is 14.2. The minimum atomic E-state index is -0.612. The average Bonchev–Trinajstić information content (AvgIpc) is 2.70. The topological polar surface area (TPSA) is 115 Å². The minimum absolute atomic E-state index is 0.298. The summed E-state index contributed by atoms with van der Waals surface area (Å²) in [5, 5.41) is 2.58. The van der Waals surface area contributed by atoms with Gasteiger partial charge in [-0.1, -0.05) is 0 Å². The Morgan fingerprint density at radius 3 is 2.03 bits per heavy atom. The quantitative estimate of drug-likeness (QED) is 0.667. The van der Waals surface area contributed by atoms with Crippen molar-refractivity contribution in [2.24, 2.45) is 0 Å². The summed E-state index contributed by atoms with van der Waals surface area (Å²) in [5.74, 6) is 0.0449. The highest BCUT2D eigenvalue weighted by Gasteiger charge is 2.17. The number of carbonyl (C=O) groups excluding carboxylic acids is 3. The molecule has 1 aliphatic rings. The van der Waals surface area contributed by atoms with Crippen LogP contribution in [0.4, 0.5) is 10.5 Å². The zero-order valence-corrected chi connectivity index (χ0v) is 16.9. The molecule has 0 fully saturated rings. The molecule has 0 saturated heterocycles. The monoisotopic (exact) mass is 413 g/mol. The highest BCUT2D eigenvalue weighted by Crippen LogP contribution is 2.30. The van der Waals surface area contributed by atoms with Gasteiger partial charge in [0, 0.05) is 16.8 Å². The lowest BCUT2D eigenvalue weighted by atomic mass is 10.2. The molecule has 3 N–H and O–H groups in total. The molecule has 0 aliphatic carbocycles. The van der Waals surface area contributed by atoms with Crippen molar-refractivity contribution in [3.63, 3.8) is 0 Å². The Morgan fingerprint density at radius 1 is 0.833 bits per heavy atom. The van der Waals surface area contributed by atoms with Crippen molar-refractivity contribution in [2.45, 2.75) is 26.4 Å². The van der Waals surface area contributed by atoms with E-state index in [1.165, 1.54) is 12.1 Å². The minimum Gasteiger partial charge on any atom is -0.486 e. The van der Waals surface area contributed by atoms with E-state index in [0.29, 0.717) is 41.5 Å². The van der Waals surface area contributed by atoms with Crippen LogP contribution in [0.3, 0.4) is 0 Å². The van der Waals surface area contributed by atoms with Crippen LogP contribution in [0.5, 0.6) is 11.5 Å². The van der Waals surface area contributed by atoms with Crippen LogP contribution in [0, 0.1) is 0 Å². The van der Waals surface area contributed by atoms with Gasteiger partial charge in [-0.05, 0) is 63.2 Å².